The first kappa shape index (κ1) is 19.0. The van der Waals surface area contributed by atoms with E-state index in [9.17, 15) is 14.7 Å². The molecular formula is C18H20O6. The molecular weight excluding hydrogens is 312 g/mol. The lowest BCUT2D eigenvalue weighted by Crippen LogP contribution is -2.00. The maximum absolute atomic E-state index is 10.9. The molecule has 6 nitrogen and oxygen atoms in total. The number of aromatic carboxylic acids is 1. The zero-order chi connectivity index (χ0) is 18.1. The Bertz CT molecular complexity index is 708. The third-order valence-electron chi connectivity index (χ3n) is 3.18. The standard InChI is InChI=1S/C10H12O3.C8H8O3/c1-2-4-7-5-3-6-8(9(7)11)10(12)13;1-11-8(10)6-4-2-3-5-7(6)9/h3,5-6,11H,2,4H2,1H3,(H,12,13);2-5,9H,1H3. The van der Waals surface area contributed by atoms with Crippen LogP contribution in [0.4, 0.5) is 0 Å². The molecule has 0 spiro atoms. The summed E-state index contributed by atoms with van der Waals surface area (Å²) in [7, 11) is 1.27. The maximum atomic E-state index is 10.9. The van der Waals surface area contributed by atoms with Gasteiger partial charge >= 0.3 is 11.9 Å². The number of carbonyl (C=O) groups excluding carboxylic acids is 1. The summed E-state index contributed by atoms with van der Waals surface area (Å²) in [5.74, 6) is -1.77. The number of methoxy groups -OCH3 is 1. The van der Waals surface area contributed by atoms with Gasteiger partial charge in [-0.2, -0.15) is 0 Å². The van der Waals surface area contributed by atoms with Crippen LogP contribution in [-0.2, 0) is 11.2 Å². The summed E-state index contributed by atoms with van der Waals surface area (Å²) in [4.78, 5) is 21.5. The summed E-state index contributed by atoms with van der Waals surface area (Å²) in [6, 6.07) is 11.0. The van der Waals surface area contributed by atoms with Crippen molar-refractivity contribution >= 4 is 11.9 Å². The second-order valence-electron chi connectivity index (χ2n) is 4.88. The molecule has 128 valence electrons. The molecule has 0 fully saturated rings. The fourth-order valence-electron chi connectivity index (χ4n) is 1.99. The Kier molecular flexibility index (Phi) is 7.29. The number of carbonyl (C=O) groups is 2. The van der Waals surface area contributed by atoms with Gasteiger partial charge in [-0.25, -0.2) is 9.59 Å². The molecule has 0 aliphatic rings. The summed E-state index contributed by atoms with van der Waals surface area (Å²) in [6.45, 7) is 1.98. The van der Waals surface area contributed by atoms with Crippen LogP contribution in [0.3, 0.4) is 0 Å². The molecule has 0 atom stereocenters. The largest absolute Gasteiger partial charge is 0.507 e. The van der Waals surface area contributed by atoms with Crippen LogP contribution in [0.2, 0.25) is 0 Å². The lowest BCUT2D eigenvalue weighted by molar-refractivity contribution is 0.0596. The fraction of sp³-hybridized carbons (Fsp3) is 0.222. The van der Waals surface area contributed by atoms with Crippen LogP contribution in [0.15, 0.2) is 42.5 Å². The van der Waals surface area contributed by atoms with Crippen molar-refractivity contribution in [2.75, 3.05) is 7.11 Å². The Morgan fingerprint density at radius 1 is 1.00 bits per heavy atom. The second-order valence-corrected chi connectivity index (χ2v) is 4.88. The molecule has 0 aromatic heterocycles. The average Bonchev–Trinajstić information content (AvgIpc) is 2.57. The first-order valence-corrected chi connectivity index (χ1v) is 7.32. The quantitative estimate of drug-likeness (QED) is 0.743. The van der Waals surface area contributed by atoms with Gasteiger partial charge in [0.15, 0.2) is 0 Å². The molecule has 3 N–H and O–H groups in total. The van der Waals surface area contributed by atoms with Crippen LogP contribution in [0.5, 0.6) is 11.5 Å². The van der Waals surface area contributed by atoms with Crippen molar-refractivity contribution < 1.29 is 29.6 Å². The van der Waals surface area contributed by atoms with E-state index in [1.807, 2.05) is 6.92 Å². The molecule has 0 aliphatic heterocycles. The summed E-state index contributed by atoms with van der Waals surface area (Å²) in [5, 5.41) is 27.3. The molecule has 0 heterocycles. The number of esters is 1. The Morgan fingerprint density at radius 3 is 2.17 bits per heavy atom. The van der Waals surface area contributed by atoms with Gasteiger partial charge in [-0.3, -0.25) is 0 Å². The molecule has 2 rings (SSSR count). The number of ether oxygens (including phenoxy) is 1. The van der Waals surface area contributed by atoms with Gasteiger partial charge in [0.05, 0.1) is 7.11 Å². The van der Waals surface area contributed by atoms with Crippen LogP contribution in [0.25, 0.3) is 0 Å². The van der Waals surface area contributed by atoms with Crippen LogP contribution in [0.1, 0.15) is 39.6 Å². The molecule has 0 aliphatic carbocycles. The van der Waals surface area contributed by atoms with Crippen LogP contribution in [0, 0.1) is 0 Å². The van der Waals surface area contributed by atoms with E-state index >= 15 is 0 Å². The lowest BCUT2D eigenvalue weighted by Gasteiger charge is -2.04. The molecule has 0 bridgehead atoms. The number of carboxylic acids is 1. The Balaban J connectivity index is 0.000000243. The number of aromatic hydroxyl groups is 2. The number of phenols is 2. The summed E-state index contributed by atoms with van der Waals surface area (Å²) >= 11 is 0. The van der Waals surface area contributed by atoms with E-state index in [4.69, 9.17) is 10.2 Å². The van der Waals surface area contributed by atoms with E-state index in [1.54, 1.807) is 24.3 Å². The molecule has 24 heavy (non-hydrogen) atoms. The average molecular weight is 332 g/mol. The highest BCUT2D eigenvalue weighted by molar-refractivity contribution is 5.92. The van der Waals surface area contributed by atoms with Crippen molar-refractivity contribution in [2.24, 2.45) is 0 Å². The number of hydrogen-bond donors (Lipinski definition) is 3. The Labute approximate surface area is 140 Å². The molecule has 2 aromatic rings. The molecule has 0 unspecified atom stereocenters. The van der Waals surface area contributed by atoms with Gasteiger partial charge in [-0.15, -0.1) is 0 Å². The van der Waals surface area contributed by atoms with Crippen molar-refractivity contribution in [3.05, 3.63) is 59.2 Å². The number of para-hydroxylation sites is 2. The lowest BCUT2D eigenvalue weighted by atomic mass is 10.1. The van der Waals surface area contributed by atoms with Gasteiger partial charge in [-0.1, -0.05) is 37.6 Å². The number of aryl methyl sites for hydroxylation is 1. The smallest absolute Gasteiger partial charge is 0.341 e. The van der Waals surface area contributed by atoms with Crippen molar-refractivity contribution in [1.82, 2.24) is 0 Å². The number of benzene rings is 2. The van der Waals surface area contributed by atoms with Gasteiger partial charge in [0, 0.05) is 0 Å². The van der Waals surface area contributed by atoms with E-state index in [-0.39, 0.29) is 22.6 Å². The molecule has 0 saturated carbocycles. The van der Waals surface area contributed by atoms with Crippen LogP contribution >= 0.6 is 0 Å². The van der Waals surface area contributed by atoms with Gasteiger partial charge in [0.25, 0.3) is 0 Å². The summed E-state index contributed by atoms with van der Waals surface area (Å²) in [5.41, 5.74) is 0.864. The van der Waals surface area contributed by atoms with Crippen molar-refractivity contribution in [1.29, 1.82) is 0 Å². The van der Waals surface area contributed by atoms with E-state index in [1.165, 1.54) is 25.3 Å². The second kappa shape index (κ2) is 9.19. The zero-order valence-corrected chi connectivity index (χ0v) is 13.5. The minimum atomic E-state index is -1.09. The molecule has 0 radical (unpaired) electrons. The maximum Gasteiger partial charge on any atom is 0.341 e. The Morgan fingerprint density at radius 2 is 1.62 bits per heavy atom. The first-order chi connectivity index (χ1) is 11.4. The van der Waals surface area contributed by atoms with E-state index < -0.39 is 11.9 Å². The highest BCUT2D eigenvalue weighted by Crippen LogP contribution is 2.23. The number of carboxylic acid groups (broad SMARTS) is 1. The number of hydrogen-bond acceptors (Lipinski definition) is 5. The molecule has 0 saturated heterocycles. The van der Waals surface area contributed by atoms with Crippen LogP contribution < -0.4 is 0 Å². The predicted molar refractivity (Wildman–Crippen MR) is 88.5 cm³/mol. The van der Waals surface area contributed by atoms with Crippen molar-refractivity contribution in [3.63, 3.8) is 0 Å². The van der Waals surface area contributed by atoms with E-state index in [0.717, 1.165) is 6.42 Å². The van der Waals surface area contributed by atoms with Gasteiger partial charge in [0.1, 0.15) is 22.6 Å². The highest BCUT2D eigenvalue weighted by atomic mass is 16.5. The summed E-state index contributed by atoms with van der Waals surface area (Å²) < 4.78 is 4.42. The summed E-state index contributed by atoms with van der Waals surface area (Å²) in [6.07, 6.45) is 1.59. The molecule has 0 amide bonds. The SMILES string of the molecule is CCCc1cccc(C(=O)O)c1O.COC(=O)c1ccccc1O. The highest BCUT2D eigenvalue weighted by Gasteiger charge is 2.11. The number of phenolic OH excluding ortho intramolecular Hbond substituents is 1. The minimum absolute atomic E-state index is 0.0223. The zero-order valence-electron chi connectivity index (χ0n) is 13.5. The fourth-order valence-corrected chi connectivity index (χ4v) is 1.99. The van der Waals surface area contributed by atoms with Gasteiger partial charge < -0.3 is 20.1 Å². The third-order valence-corrected chi connectivity index (χ3v) is 3.18. The number of rotatable bonds is 4. The monoisotopic (exact) mass is 332 g/mol. The van der Waals surface area contributed by atoms with Crippen LogP contribution in [-0.4, -0.2) is 34.4 Å². The minimum Gasteiger partial charge on any atom is -0.507 e. The predicted octanol–water partition coefficient (Wildman–Crippen LogP) is 3.22. The van der Waals surface area contributed by atoms with Crippen molar-refractivity contribution in [2.45, 2.75) is 19.8 Å². The van der Waals surface area contributed by atoms with Gasteiger partial charge in [0.2, 0.25) is 0 Å². The first-order valence-electron chi connectivity index (χ1n) is 7.32. The van der Waals surface area contributed by atoms with Crippen molar-refractivity contribution in [3.8, 4) is 11.5 Å². The third kappa shape index (κ3) is 5.01. The van der Waals surface area contributed by atoms with E-state index in [0.29, 0.717) is 12.0 Å². The van der Waals surface area contributed by atoms with E-state index in [2.05, 4.69) is 4.74 Å². The topological polar surface area (TPSA) is 104 Å². The molecule has 6 heteroatoms. The molecule has 2 aromatic carbocycles. The van der Waals surface area contributed by atoms with Gasteiger partial charge in [-0.05, 0) is 30.2 Å². The normalized spacial score (nSPS) is 9.58. The Hall–Kier alpha value is -3.02.